The normalized spacial score (nSPS) is 11.3. The highest BCUT2D eigenvalue weighted by Crippen LogP contribution is 2.18. The van der Waals surface area contributed by atoms with Crippen molar-refractivity contribution < 1.29 is 9.59 Å². The molecule has 2 amide bonds. The predicted octanol–water partition coefficient (Wildman–Crippen LogP) is 0.956. The summed E-state index contributed by atoms with van der Waals surface area (Å²) in [6.45, 7) is 1.34. The minimum atomic E-state index is -0.711. The van der Waals surface area contributed by atoms with Crippen LogP contribution in [0.25, 0.3) is 0 Å². The predicted molar refractivity (Wildman–Crippen MR) is 76.0 cm³/mol. The molecule has 0 saturated carbocycles. The molecular formula is C13H15N3O2S. The van der Waals surface area contributed by atoms with Crippen molar-refractivity contribution in [1.82, 2.24) is 5.32 Å². The van der Waals surface area contributed by atoms with E-state index < -0.39 is 6.04 Å². The molecule has 1 atom stereocenters. The number of hydrogen-bond acceptors (Lipinski definition) is 4. The van der Waals surface area contributed by atoms with Crippen LogP contribution in [0.1, 0.15) is 12.5 Å². The molecule has 0 bridgehead atoms. The maximum atomic E-state index is 12.2. The van der Waals surface area contributed by atoms with Gasteiger partial charge in [-0.15, -0.1) is 0 Å². The summed E-state index contributed by atoms with van der Waals surface area (Å²) in [5.41, 5.74) is 0.909. The Kier molecular flexibility index (Phi) is 5.39. The first-order valence-electron chi connectivity index (χ1n) is 5.66. The average molecular weight is 277 g/mol. The number of nitrogens with zero attached hydrogens (tertiary/aromatic N) is 2. The molecule has 0 fully saturated rings. The minimum absolute atomic E-state index is 0.192. The first kappa shape index (κ1) is 15.1. The van der Waals surface area contributed by atoms with Crippen molar-refractivity contribution in [2.24, 2.45) is 0 Å². The lowest BCUT2D eigenvalue weighted by Crippen LogP contribution is -2.48. The van der Waals surface area contributed by atoms with E-state index in [2.05, 4.69) is 17.9 Å². The lowest BCUT2D eigenvalue weighted by Gasteiger charge is -2.23. The van der Waals surface area contributed by atoms with Crippen LogP contribution in [0, 0.1) is 11.3 Å². The zero-order valence-electron chi connectivity index (χ0n) is 10.8. The number of rotatable bonds is 4. The molecule has 0 spiro atoms. The number of nitrogens with one attached hydrogen (secondary N) is 1. The van der Waals surface area contributed by atoms with E-state index in [0.717, 1.165) is 0 Å². The van der Waals surface area contributed by atoms with E-state index in [0.29, 0.717) is 11.3 Å². The number of carbonyl (C=O) groups excluding carboxylic acids is 2. The van der Waals surface area contributed by atoms with Gasteiger partial charge in [0.25, 0.3) is 0 Å². The first-order valence-corrected chi connectivity index (χ1v) is 6.29. The summed E-state index contributed by atoms with van der Waals surface area (Å²) in [4.78, 5) is 24.6. The number of thiol groups is 1. The molecule has 1 rings (SSSR count). The molecule has 0 heterocycles. The molecule has 0 aliphatic rings. The van der Waals surface area contributed by atoms with E-state index in [1.807, 2.05) is 6.07 Å². The number of likely N-dealkylation sites (N-methyl/N-ethyl adjacent to an activating group) is 1. The highest BCUT2D eigenvalue weighted by atomic mass is 32.1. The van der Waals surface area contributed by atoms with Crippen molar-refractivity contribution in [2.75, 3.05) is 17.7 Å². The minimum Gasteiger partial charge on any atom is -0.344 e. The van der Waals surface area contributed by atoms with E-state index in [-0.39, 0.29) is 17.6 Å². The van der Waals surface area contributed by atoms with E-state index in [4.69, 9.17) is 5.26 Å². The standard InChI is InChI=1S/C13H15N3O2S/c1-9(17)15-11(8-19)13(18)16(2)12-6-4-3-5-10(12)7-14/h3-6,11,19H,8H2,1-2H3,(H,15,17). The van der Waals surface area contributed by atoms with Gasteiger partial charge < -0.3 is 10.2 Å². The van der Waals surface area contributed by atoms with Crippen LogP contribution in [0.15, 0.2) is 24.3 Å². The SMILES string of the molecule is CC(=O)NC(CS)C(=O)N(C)c1ccccc1C#N. The largest absolute Gasteiger partial charge is 0.344 e. The van der Waals surface area contributed by atoms with E-state index in [1.54, 1.807) is 31.3 Å². The third kappa shape index (κ3) is 3.73. The topological polar surface area (TPSA) is 73.2 Å². The van der Waals surface area contributed by atoms with Crippen LogP contribution < -0.4 is 10.2 Å². The summed E-state index contributed by atoms with van der Waals surface area (Å²) < 4.78 is 0. The molecule has 1 aromatic rings. The van der Waals surface area contributed by atoms with Gasteiger partial charge >= 0.3 is 0 Å². The molecule has 100 valence electrons. The zero-order valence-corrected chi connectivity index (χ0v) is 11.6. The van der Waals surface area contributed by atoms with Crippen molar-refractivity contribution in [3.63, 3.8) is 0 Å². The second-order valence-electron chi connectivity index (χ2n) is 3.96. The highest BCUT2D eigenvalue weighted by Gasteiger charge is 2.23. The Morgan fingerprint density at radius 2 is 2.11 bits per heavy atom. The Morgan fingerprint density at radius 3 is 2.63 bits per heavy atom. The van der Waals surface area contributed by atoms with Crippen LogP contribution in [-0.4, -0.2) is 30.7 Å². The molecule has 1 unspecified atom stereocenters. The van der Waals surface area contributed by atoms with Crippen LogP contribution in [0.4, 0.5) is 5.69 Å². The van der Waals surface area contributed by atoms with Gasteiger partial charge in [-0.1, -0.05) is 12.1 Å². The lowest BCUT2D eigenvalue weighted by atomic mass is 10.1. The Bertz CT molecular complexity index is 525. The fraction of sp³-hybridized carbons (Fsp3) is 0.308. The number of anilines is 1. The van der Waals surface area contributed by atoms with Crippen molar-refractivity contribution in [3.8, 4) is 6.07 Å². The van der Waals surface area contributed by atoms with Gasteiger partial charge in [0.2, 0.25) is 11.8 Å². The number of carbonyl (C=O) groups is 2. The zero-order chi connectivity index (χ0) is 14.4. The third-order valence-corrected chi connectivity index (χ3v) is 2.94. The van der Waals surface area contributed by atoms with Crippen molar-refractivity contribution in [3.05, 3.63) is 29.8 Å². The van der Waals surface area contributed by atoms with Gasteiger partial charge in [0, 0.05) is 19.7 Å². The second-order valence-corrected chi connectivity index (χ2v) is 4.33. The lowest BCUT2D eigenvalue weighted by molar-refractivity contribution is -0.125. The Morgan fingerprint density at radius 1 is 1.47 bits per heavy atom. The van der Waals surface area contributed by atoms with Crippen molar-refractivity contribution >= 4 is 30.1 Å². The Balaban J connectivity index is 2.98. The summed E-state index contributed by atoms with van der Waals surface area (Å²) in [5, 5.41) is 11.5. The number of nitriles is 1. The van der Waals surface area contributed by atoms with Crippen LogP contribution in [0.3, 0.4) is 0 Å². The Hall–Kier alpha value is -2.00. The van der Waals surface area contributed by atoms with Crippen LogP contribution in [-0.2, 0) is 9.59 Å². The highest BCUT2D eigenvalue weighted by molar-refractivity contribution is 7.80. The number of amides is 2. The van der Waals surface area contributed by atoms with Crippen molar-refractivity contribution in [1.29, 1.82) is 5.26 Å². The van der Waals surface area contributed by atoms with Gasteiger partial charge in [-0.2, -0.15) is 17.9 Å². The van der Waals surface area contributed by atoms with Crippen molar-refractivity contribution in [2.45, 2.75) is 13.0 Å². The molecule has 1 N–H and O–H groups in total. The second kappa shape index (κ2) is 6.81. The molecular weight excluding hydrogens is 262 g/mol. The van der Waals surface area contributed by atoms with Gasteiger partial charge in [0.1, 0.15) is 12.1 Å². The number of benzene rings is 1. The van der Waals surface area contributed by atoms with E-state index >= 15 is 0 Å². The molecule has 0 aliphatic heterocycles. The fourth-order valence-electron chi connectivity index (χ4n) is 1.64. The summed E-state index contributed by atoms with van der Waals surface area (Å²) in [6.07, 6.45) is 0. The van der Waals surface area contributed by atoms with Crippen LogP contribution in [0.5, 0.6) is 0 Å². The van der Waals surface area contributed by atoms with Gasteiger partial charge in [0.05, 0.1) is 11.3 Å². The molecule has 6 heteroatoms. The Labute approximate surface area is 117 Å². The van der Waals surface area contributed by atoms with E-state index in [1.165, 1.54) is 11.8 Å². The molecule has 5 nitrogen and oxygen atoms in total. The van der Waals surface area contributed by atoms with Gasteiger partial charge in [-0.25, -0.2) is 0 Å². The summed E-state index contributed by atoms with van der Waals surface area (Å²) in [6, 6.07) is 8.10. The van der Waals surface area contributed by atoms with Crippen LogP contribution in [0.2, 0.25) is 0 Å². The monoisotopic (exact) mass is 277 g/mol. The summed E-state index contributed by atoms with van der Waals surface area (Å²) in [7, 11) is 1.57. The molecule has 0 saturated heterocycles. The van der Waals surface area contributed by atoms with Crippen LogP contribution >= 0.6 is 12.6 Å². The number of hydrogen-bond donors (Lipinski definition) is 2. The molecule has 0 radical (unpaired) electrons. The quantitative estimate of drug-likeness (QED) is 0.805. The summed E-state index contributed by atoms with van der Waals surface area (Å²) in [5.74, 6) is -0.417. The smallest absolute Gasteiger partial charge is 0.250 e. The average Bonchev–Trinajstić information content (AvgIpc) is 2.42. The molecule has 0 aromatic heterocycles. The van der Waals surface area contributed by atoms with Gasteiger partial charge in [-0.3, -0.25) is 9.59 Å². The van der Waals surface area contributed by atoms with Gasteiger partial charge in [-0.05, 0) is 12.1 Å². The summed E-state index contributed by atoms with van der Waals surface area (Å²) >= 11 is 4.06. The maximum absolute atomic E-state index is 12.2. The number of para-hydroxylation sites is 1. The van der Waals surface area contributed by atoms with Gasteiger partial charge in [0.15, 0.2) is 0 Å². The first-order chi connectivity index (χ1) is 9.01. The van der Waals surface area contributed by atoms with E-state index in [9.17, 15) is 9.59 Å². The fourth-order valence-corrected chi connectivity index (χ4v) is 1.89. The molecule has 1 aromatic carbocycles. The third-order valence-electron chi connectivity index (χ3n) is 2.57. The molecule has 0 aliphatic carbocycles. The maximum Gasteiger partial charge on any atom is 0.250 e. The molecule has 19 heavy (non-hydrogen) atoms.